The average molecular weight is 353 g/mol. The van der Waals surface area contributed by atoms with Crippen molar-refractivity contribution in [2.75, 3.05) is 13.1 Å². The second-order valence-electron chi connectivity index (χ2n) is 7.98. The van der Waals surface area contributed by atoms with E-state index < -0.39 is 5.60 Å². The van der Waals surface area contributed by atoms with E-state index in [1.165, 1.54) is 0 Å². The molecule has 2 heterocycles. The summed E-state index contributed by atoms with van der Waals surface area (Å²) in [6.07, 6.45) is 3.78. The number of aryl methyl sites for hydroxylation is 2. The molecule has 2 fully saturated rings. The largest absolute Gasteiger partial charge is 0.390 e. The third-order valence-corrected chi connectivity index (χ3v) is 5.84. The minimum atomic E-state index is -0.504. The van der Waals surface area contributed by atoms with Gasteiger partial charge in [0, 0.05) is 30.3 Å². The van der Waals surface area contributed by atoms with Crippen molar-refractivity contribution in [3.8, 4) is 0 Å². The highest BCUT2D eigenvalue weighted by Gasteiger charge is 2.49. The van der Waals surface area contributed by atoms with E-state index >= 15 is 0 Å². The van der Waals surface area contributed by atoms with Gasteiger partial charge in [-0.1, -0.05) is 12.1 Å². The highest BCUT2D eigenvalue weighted by molar-refractivity contribution is 5.94. The summed E-state index contributed by atoms with van der Waals surface area (Å²) >= 11 is 0. The zero-order valence-corrected chi connectivity index (χ0v) is 15.6. The van der Waals surface area contributed by atoms with E-state index in [0.29, 0.717) is 13.1 Å². The maximum absolute atomic E-state index is 13.0. The van der Waals surface area contributed by atoms with Crippen LogP contribution >= 0.6 is 0 Å². The molecule has 138 valence electrons. The van der Waals surface area contributed by atoms with Gasteiger partial charge < -0.3 is 10.0 Å². The van der Waals surface area contributed by atoms with E-state index in [1.54, 1.807) is 0 Å². The molecule has 1 saturated carbocycles. The number of carbonyl (C=O) groups is 1. The lowest BCUT2D eigenvalue weighted by molar-refractivity contribution is 0.0282. The number of benzene rings is 1. The minimum Gasteiger partial charge on any atom is -0.390 e. The van der Waals surface area contributed by atoms with Crippen molar-refractivity contribution >= 4 is 5.91 Å². The average Bonchev–Trinajstić information content (AvgIpc) is 3.31. The molecule has 1 aromatic heterocycles. The van der Waals surface area contributed by atoms with Gasteiger partial charge in [-0.05, 0) is 63.3 Å². The molecule has 1 aliphatic heterocycles. The Morgan fingerprint density at radius 1 is 1.31 bits per heavy atom. The Labute approximate surface area is 154 Å². The lowest BCUT2D eigenvalue weighted by Gasteiger charge is -2.35. The first-order valence-corrected chi connectivity index (χ1v) is 9.56. The van der Waals surface area contributed by atoms with Crippen molar-refractivity contribution in [3.63, 3.8) is 0 Å². The number of amides is 1. The first-order chi connectivity index (χ1) is 12.4. The van der Waals surface area contributed by atoms with Crippen LogP contribution in [0.2, 0.25) is 0 Å². The molecule has 1 unspecified atom stereocenters. The zero-order chi connectivity index (χ0) is 18.3. The van der Waals surface area contributed by atoms with E-state index in [9.17, 15) is 9.90 Å². The van der Waals surface area contributed by atoms with Gasteiger partial charge in [-0.3, -0.25) is 9.48 Å². The van der Waals surface area contributed by atoms with Gasteiger partial charge in [0.25, 0.3) is 5.91 Å². The van der Waals surface area contributed by atoms with Crippen LogP contribution in [-0.4, -0.2) is 44.4 Å². The predicted octanol–water partition coefficient (Wildman–Crippen LogP) is 2.93. The second-order valence-corrected chi connectivity index (χ2v) is 7.98. The van der Waals surface area contributed by atoms with Gasteiger partial charge in [0.1, 0.15) is 0 Å². The summed E-state index contributed by atoms with van der Waals surface area (Å²) in [6.45, 7) is 6.17. The van der Waals surface area contributed by atoms with Crippen LogP contribution in [0, 0.1) is 19.8 Å². The quantitative estimate of drug-likeness (QED) is 0.919. The van der Waals surface area contributed by atoms with Crippen molar-refractivity contribution in [1.29, 1.82) is 0 Å². The Hall–Kier alpha value is -2.14. The van der Waals surface area contributed by atoms with Crippen LogP contribution < -0.4 is 0 Å². The summed E-state index contributed by atoms with van der Waals surface area (Å²) in [5.74, 6) is 0.312. The fourth-order valence-electron chi connectivity index (χ4n) is 4.13. The molecule has 1 atom stereocenters. The maximum Gasteiger partial charge on any atom is 0.253 e. The van der Waals surface area contributed by atoms with Crippen molar-refractivity contribution in [1.82, 2.24) is 14.7 Å². The summed E-state index contributed by atoms with van der Waals surface area (Å²) in [4.78, 5) is 14.9. The number of hydrogen-bond donors (Lipinski definition) is 1. The van der Waals surface area contributed by atoms with E-state index in [0.717, 1.165) is 54.7 Å². The number of rotatable bonds is 4. The van der Waals surface area contributed by atoms with E-state index in [4.69, 9.17) is 0 Å². The van der Waals surface area contributed by atoms with Gasteiger partial charge in [0.05, 0.1) is 17.8 Å². The molecule has 1 saturated heterocycles. The van der Waals surface area contributed by atoms with Crippen LogP contribution in [0.1, 0.15) is 53.0 Å². The number of aliphatic hydroxyl groups is 1. The summed E-state index contributed by atoms with van der Waals surface area (Å²) in [5, 5.41) is 14.9. The van der Waals surface area contributed by atoms with Crippen LogP contribution in [0.5, 0.6) is 0 Å². The molecule has 1 amide bonds. The Morgan fingerprint density at radius 3 is 2.81 bits per heavy atom. The van der Waals surface area contributed by atoms with Crippen molar-refractivity contribution in [3.05, 3.63) is 52.8 Å². The summed E-state index contributed by atoms with van der Waals surface area (Å²) in [5.41, 5.74) is 3.43. The highest BCUT2D eigenvalue weighted by Crippen LogP contribution is 2.45. The topological polar surface area (TPSA) is 58.4 Å². The lowest BCUT2D eigenvalue weighted by Crippen LogP contribution is -2.44. The standard InChI is InChI=1S/C21H27N3O2/c1-15-11-16(2)24(22-15)13-17-5-3-6-18(12-17)20(25)23-10-4-7-19(14-23)21(26)8-9-21/h3,5-6,11-12,19,26H,4,7-10,13-14H2,1-2H3. The number of likely N-dealkylation sites (tertiary alicyclic amines) is 1. The molecule has 26 heavy (non-hydrogen) atoms. The Kier molecular flexibility index (Phi) is 4.35. The van der Waals surface area contributed by atoms with Crippen molar-refractivity contribution < 1.29 is 9.90 Å². The van der Waals surface area contributed by atoms with E-state index in [1.807, 2.05) is 47.7 Å². The predicted molar refractivity (Wildman–Crippen MR) is 100 cm³/mol. The van der Waals surface area contributed by atoms with Gasteiger partial charge in [-0.25, -0.2) is 0 Å². The van der Waals surface area contributed by atoms with Crippen molar-refractivity contribution in [2.24, 2.45) is 5.92 Å². The van der Waals surface area contributed by atoms with Crippen LogP contribution in [0.3, 0.4) is 0 Å². The number of hydrogen-bond acceptors (Lipinski definition) is 3. The molecule has 1 N–H and O–H groups in total. The lowest BCUT2D eigenvalue weighted by atomic mass is 9.90. The van der Waals surface area contributed by atoms with Gasteiger partial charge >= 0.3 is 0 Å². The number of carbonyl (C=O) groups excluding carboxylic acids is 1. The summed E-state index contributed by atoms with van der Waals surface area (Å²) < 4.78 is 1.97. The molecule has 5 nitrogen and oxygen atoms in total. The molecule has 2 aromatic rings. The first kappa shape index (κ1) is 17.3. The highest BCUT2D eigenvalue weighted by atomic mass is 16.3. The molecule has 5 heteroatoms. The molecular formula is C21H27N3O2. The third-order valence-electron chi connectivity index (χ3n) is 5.84. The third kappa shape index (κ3) is 3.40. The molecule has 1 aliphatic carbocycles. The van der Waals surface area contributed by atoms with Gasteiger partial charge in [0.2, 0.25) is 0 Å². The Bertz CT molecular complexity index is 822. The minimum absolute atomic E-state index is 0.0779. The molecule has 0 spiro atoms. The van der Waals surface area contributed by atoms with Crippen LogP contribution in [0.15, 0.2) is 30.3 Å². The number of piperidine rings is 1. The Balaban J connectivity index is 1.48. The first-order valence-electron chi connectivity index (χ1n) is 9.56. The summed E-state index contributed by atoms with van der Waals surface area (Å²) in [7, 11) is 0. The molecule has 0 bridgehead atoms. The normalized spacial score (nSPS) is 21.7. The monoisotopic (exact) mass is 353 g/mol. The van der Waals surface area contributed by atoms with Crippen LogP contribution in [-0.2, 0) is 6.54 Å². The fraction of sp³-hybridized carbons (Fsp3) is 0.524. The molecule has 2 aliphatic rings. The summed E-state index contributed by atoms with van der Waals surface area (Å²) in [6, 6.07) is 9.92. The van der Waals surface area contributed by atoms with Crippen LogP contribution in [0.25, 0.3) is 0 Å². The zero-order valence-electron chi connectivity index (χ0n) is 15.6. The SMILES string of the molecule is Cc1cc(C)n(Cc2cccc(C(=O)N3CCCC(C4(O)CC4)C3)c2)n1. The molecule has 1 aromatic carbocycles. The van der Waals surface area contributed by atoms with Gasteiger partial charge in [-0.2, -0.15) is 5.10 Å². The molecule has 4 rings (SSSR count). The van der Waals surface area contributed by atoms with Gasteiger partial charge in [0.15, 0.2) is 0 Å². The number of aromatic nitrogens is 2. The molecule has 0 radical (unpaired) electrons. The second kappa shape index (κ2) is 6.54. The molecular weight excluding hydrogens is 326 g/mol. The maximum atomic E-state index is 13.0. The van der Waals surface area contributed by atoms with Crippen molar-refractivity contribution in [2.45, 2.75) is 51.7 Å². The Morgan fingerprint density at radius 2 is 2.12 bits per heavy atom. The fourth-order valence-corrected chi connectivity index (χ4v) is 4.13. The number of nitrogens with zero attached hydrogens (tertiary/aromatic N) is 3. The van der Waals surface area contributed by atoms with E-state index in [-0.39, 0.29) is 11.8 Å². The van der Waals surface area contributed by atoms with Gasteiger partial charge in [-0.15, -0.1) is 0 Å². The smallest absolute Gasteiger partial charge is 0.253 e. The van der Waals surface area contributed by atoms with Crippen LogP contribution in [0.4, 0.5) is 0 Å². The van der Waals surface area contributed by atoms with E-state index in [2.05, 4.69) is 11.2 Å².